The molecule has 0 radical (unpaired) electrons. The van der Waals surface area contributed by atoms with Gasteiger partial charge in [0.05, 0.1) is 11.9 Å². The summed E-state index contributed by atoms with van der Waals surface area (Å²) in [5.41, 5.74) is 0.466. The van der Waals surface area contributed by atoms with Crippen molar-refractivity contribution in [2.45, 2.75) is 51.6 Å². The van der Waals surface area contributed by atoms with Crippen LogP contribution in [0.1, 0.15) is 51.6 Å². The van der Waals surface area contributed by atoms with Gasteiger partial charge in [-0.2, -0.15) is 0 Å². The van der Waals surface area contributed by atoms with Gasteiger partial charge in [-0.1, -0.05) is 19.1 Å². The van der Waals surface area contributed by atoms with Crippen LogP contribution in [0.15, 0.2) is 6.20 Å². The molecule has 1 aliphatic rings. The molecule has 1 aromatic rings. The molecule has 0 amide bonds. The lowest BCUT2D eigenvalue weighted by atomic mass is 9.84. The summed E-state index contributed by atoms with van der Waals surface area (Å²) in [4.78, 5) is 0. The fourth-order valence-electron chi connectivity index (χ4n) is 2.62. The molecule has 0 aliphatic heterocycles. The van der Waals surface area contributed by atoms with Crippen molar-refractivity contribution in [2.75, 3.05) is 0 Å². The van der Waals surface area contributed by atoms with Crippen LogP contribution in [0.2, 0.25) is 0 Å². The highest BCUT2D eigenvalue weighted by Gasteiger charge is 2.37. The minimum atomic E-state index is -0.730. The van der Waals surface area contributed by atoms with E-state index in [1.165, 1.54) is 6.42 Å². The van der Waals surface area contributed by atoms with Gasteiger partial charge in [0, 0.05) is 7.05 Å². The Hall–Kier alpha value is -0.900. The van der Waals surface area contributed by atoms with Gasteiger partial charge in [-0.15, -0.1) is 5.10 Å². The van der Waals surface area contributed by atoms with Crippen molar-refractivity contribution in [3.63, 3.8) is 0 Å². The molecule has 1 fully saturated rings. The van der Waals surface area contributed by atoms with Crippen LogP contribution in [0.3, 0.4) is 0 Å². The van der Waals surface area contributed by atoms with Crippen molar-refractivity contribution < 1.29 is 5.11 Å². The fourth-order valence-corrected chi connectivity index (χ4v) is 2.62. The molecule has 1 aliphatic carbocycles. The standard InChI is InChI=1S/C12H21N3O/c1-11(2)5-4-6-12(16,8-7-11)10-9-13-14-15(10)3/h9,16H,4-8H2,1-3H3. The maximum absolute atomic E-state index is 10.7. The molecule has 1 aromatic heterocycles. The molecule has 1 atom stereocenters. The second-order valence-electron chi connectivity index (χ2n) is 5.79. The van der Waals surface area contributed by atoms with Gasteiger partial charge in [0.2, 0.25) is 0 Å². The third kappa shape index (κ3) is 2.12. The molecule has 16 heavy (non-hydrogen) atoms. The summed E-state index contributed by atoms with van der Waals surface area (Å²) in [6.07, 6.45) is 6.61. The summed E-state index contributed by atoms with van der Waals surface area (Å²) in [5, 5.41) is 18.5. The highest BCUT2D eigenvalue weighted by molar-refractivity contribution is 5.08. The smallest absolute Gasteiger partial charge is 0.108 e. The molecule has 2 rings (SSSR count). The van der Waals surface area contributed by atoms with Gasteiger partial charge in [0.15, 0.2) is 0 Å². The summed E-state index contributed by atoms with van der Waals surface area (Å²) < 4.78 is 1.69. The van der Waals surface area contributed by atoms with Crippen LogP contribution in [0, 0.1) is 5.41 Å². The Labute approximate surface area is 96.7 Å². The van der Waals surface area contributed by atoms with Crippen LogP contribution in [0.25, 0.3) is 0 Å². The van der Waals surface area contributed by atoms with E-state index in [1.807, 2.05) is 7.05 Å². The second kappa shape index (κ2) is 3.84. The van der Waals surface area contributed by atoms with Crippen LogP contribution in [0.4, 0.5) is 0 Å². The van der Waals surface area contributed by atoms with Crippen LogP contribution in [-0.2, 0) is 12.6 Å². The molecule has 90 valence electrons. The Morgan fingerprint density at radius 1 is 1.25 bits per heavy atom. The predicted octanol–water partition coefficient (Wildman–Crippen LogP) is 1.99. The van der Waals surface area contributed by atoms with Crippen LogP contribution >= 0.6 is 0 Å². The maximum atomic E-state index is 10.7. The highest BCUT2D eigenvalue weighted by Crippen LogP contribution is 2.42. The first-order valence-electron chi connectivity index (χ1n) is 6.01. The molecule has 0 aromatic carbocycles. The van der Waals surface area contributed by atoms with Crippen molar-refractivity contribution >= 4 is 0 Å². The lowest BCUT2D eigenvalue weighted by Crippen LogP contribution is -2.28. The Morgan fingerprint density at radius 3 is 2.62 bits per heavy atom. The highest BCUT2D eigenvalue weighted by atomic mass is 16.3. The molecular weight excluding hydrogens is 202 g/mol. The van der Waals surface area contributed by atoms with Gasteiger partial charge in [-0.25, -0.2) is 4.68 Å². The summed E-state index contributed by atoms with van der Waals surface area (Å²) in [6, 6.07) is 0. The second-order valence-corrected chi connectivity index (χ2v) is 5.79. The molecule has 1 unspecified atom stereocenters. The van der Waals surface area contributed by atoms with Crippen molar-refractivity contribution in [2.24, 2.45) is 12.5 Å². The molecule has 0 bridgehead atoms. The topological polar surface area (TPSA) is 50.9 Å². The third-order valence-electron chi connectivity index (χ3n) is 3.85. The molecule has 1 N–H and O–H groups in total. The Bertz CT molecular complexity index is 372. The van der Waals surface area contributed by atoms with E-state index in [4.69, 9.17) is 0 Å². The summed E-state index contributed by atoms with van der Waals surface area (Å²) in [7, 11) is 1.84. The normalized spacial score (nSPS) is 30.0. The van der Waals surface area contributed by atoms with E-state index in [-0.39, 0.29) is 0 Å². The van der Waals surface area contributed by atoms with Crippen LogP contribution in [0.5, 0.6) is 0 Å². The number of rotatable bonds is 1. The zero-order valence-electron chi connectivity index (χ0n) is 10.4. The number of hydrogen-bond acceptors (Lipinski definition) is 3. The van der Waals surface area contributed by atoms with E-state index in [2.05, 4.69) is 24.2 Å². The molecule has 4 nitrogen and oxygen atoms in total. The van der Waals surface area contributed by atoms with E-state index in [9.17, 15) is 5.11 Å². The Balaban J connectivity index is 2.23. The van der Waals surface area contributed by atoms with Crippen molar-refractivity contribution in [3.05, 3.63) is 11.9 Å². The Kier molecular flexibility index (Phi) is 2.78. The van der Waals surface area contributed by atoms with Crippen molar-refractivity contribution in [3.8, 4) is 0 Å². The average Bonchev–Trinajstić information content (AvgIpc) is 2.56. The van der Waals surface area contributed by atoms with Gasteiger partial charge in [0.1, 0.15) is 5.60 Å². The monoisotopic (exact) mass is 223 g/mol. The van der Waals surface area contributed by atoms with Gasteiger partial charge in [-0.3, -0.25) is 0 Å². The summed E-state index contributed by atoms with van der Waals surface area (Å²) in [5.74, 6) is 0. The number of aromatic nitrogens is 3. The number of hydrogen-bond donors (Lipinski definition) is 1. The van der Waals surface area contributed by atoms with Crippen LogP contribution in [-0.4, -0.2) is 20.1 Å². The fraction of sp³-hybridized carbons (Fsp3) is 0.833. The van der Waals surface area contributed by atoms with E-state index >= 15 is 0 Å². The zero-order valence-corrected chi connectivity index (χ0v) is 10.4. The quantitative estimate of drug-likeness (QED) is 0.741. The SMILES string of the molecule is Cn1nncc1C1(O)CCCC(C)(C)CC1. The molecular formula is C12H21N3O. The van der Waals surface area contributed by atoms with Crippen LogP contribution < -0.4 is 0 Å². The van der Waals surface area contributed by atoms with Gasteiger partial charge in [0.25, 0.3) is 0 Å². The van der Waals surface area contributed by atoms with Gasteiger partial charge >= 0.3 is 0 Å². The number of nitrogens with zero attached hydrogens (tertiary/aromatic N) is 3. The molecule has 1 saturated carbocycles. The lowest BCUT2D eigenvalue weighted by molar-refractivity contribution is 0.0102. The Morgan fingerprint density at radius 2 is 2.00 bits per heavy atom. The first-order valence-corrected chi connectivity index (χ1v) is 6.01. The summed E-state index contributed by atoms with van der Waals surface area (Å²) in [6.45, 7) is 4.56. The van der Waals surface area contributed by atoms with Crippen molar-refractivity contribution in [1.29, 1.82) is 0 Å². The first kappa shape index (κ1) is 11.6. The molecule has 4 heteroatoms. The van der Waals surface area contributed by atoms with E-state index in [1.54, 1.807) is 10.9 Å². The van der Waals surface area contributed by atoms with Crippen molar-refractivity contribution in [1.82, 2.24) is 15.0 Å². The lowest BCUT2D eigenvalue weighted by Gasteiger charge is -2.27. The first-order chi connectivity index (χ1) is 7.43. The number of aryl methyl sites for hydroxylation is 1. The van der Waals surface area contributed by atoms with Gasteiger partial charge in [-0.05, 0) is 37.5 Å². The minimum Gasteiger partial charge on any atom is -0.384 e. The zero-order chi connectivity index (χ0) is 11.8. The average molecular weight is 223 g/mol. The van der Waals surface area contributed by atoms with E-state index < -0.39 is 5.60 Å². The molecule has 0 saturated heterocycles. The van der Waals surface area contributed by atoms with Gasteiger partial charge < -0.3 is 5.11 Å². The predicted molar refractivity (Wildman–Crippen MR) is 61.8 cm³/mol. The number of aliphatic hydroxyl groups is 1. The maximum Gasteiger partial charge on any atom is 0.108 e. The molecule has 0 spiro atoms. The van der Waals surface area contributed by atoms with E-state index in [0.29, 0.717) is 5.41 Å². The van der Waals surface area contributed by atoms with E-state index in [0.717, 1.165) is 31.4 Å². The third-order valence-corrected chi connectivity index (χ3v) is 3.85. The molecule has 1 heterocycles. The largest absolute Gasteiger partial charge is 0.384 e. The minimum absolute atomic E-state index is 0.344. The summed E-state index contributed by atoms with van der Waals surface area (Å²) >= 11 is 0.